The highest BCUT2D eigenvalue weighted by Gasteiger charge is 2.36. The lowest BCUT2D eigenvalue weighted by atomic mass is 10.0. The van der Waals surface area contributed by atoms with E-state index in [9.17, 15) is 18.0 Å². The van der Waals surface area contributed by atoms with Crippen molar-refractivity contribution in [2.24, 2.45) is 0 Å². The van der Waals surface area contributed by atoms with E-state index in [1.165, 1.54) is 13.0 Å². The number of fused-ring (bicyclic) bond motifs is 1. The monoisotopic (exact) mass is 475 g/mol. The summed E-state index contributed by atoms with van der Waals surface area (Å²) in [7, 11) is 0. The molecule has 1 aliphatic rings. The Kier molecular flexibility index (Phi) is 6.25. The van der Waals surface area contributed by atoms with E-state index in [0.29, 0.717) is 41.4 Å². The molecular formula is C23H21ClF3N5O. The highest BCUT2D eigenvalue weighted by atomic mass is 35.5. The molecule has 1 atom stereocenters. The molecule has 0 radical (unpaired) electrons. The molecule has 4 rings (SSSR count). The van der Waals surface area contributed by atoms with Gasteiger partial charge in [0.1, 0.15) is 5.82 Å². The van der Waals surface area contributed by atoms with Gasteiger partial charge in [-0.05, 0) is 63.1 Å². The quantitative estimate of drug-likeness (QED) is 0.545. The van der Waals surface area contributed by atoms with Gasteiger partial charge < -0.3 is 10.2 Å². The molecular weight excluding hydrogens is 455 g/mol. The number of aromatic nitrogens is 3. The predicted octanol–water partition coefficient (Wildman–Crippen LogP) is 5.43. The molecule has 1 unspecified atom stereocenters. The summed E-state index contributed by atoms with van der Waals surface area (Å²) in [6, 6.07) is 11.3. The summed E-state index contributed by atoms with van der Waals surface area (Å²) in [4.78, 5) is 26.2. The Labute approximate surface area is 193 Å². The maximum atomic E-state index is 13.2. The minimum atomic E-state index is -4.63. The molecule has 172 valence electrons. The predicted molar refractivity (Wildman–Crippen MR) is 119 cm³/mol. The number of aryl methyl sites for hydroxylation is 2. The van der Waals surface area contributed by atoms with E-state index >= 15 is 0 Å². The van der Waals surface area contributed by atoms with Gasteiger partial charge in [-0.15, -0.1) is 0 Å². The van der Waals surface area contributed by atoms with Gasteiger partial charge in [0, 0.05) is 28.9 Å². The number of benzene rings is 1. The first kappa shape index (κ1) is 23.0. The highest BCUT2D eigenvalue weighted by Crippen LogP contribution is 2.34. The number of anilines is 2. The molecule has 0 spiro atoms. The highest BCUT2D eigenvalue weighted by molar-refractivity contribution is 6.30. The molecule has 0 saturated carbocycles. The summed E-state index contributed by atoms with van der Waals surface area (Å²) in [6.45, 7) is 3.86. The fourth-order valence-electron chi connectivity index (χ4n) is 3.72. The van der Waals surface area contributed by atoms with E-state index in [2.05, 4.69) is 15.3 Å². The van der Waals surface area contributed by atoms with E-state index in [1.807, 2.05) is 13.0 Å². The average molecular weight is 476 g/mol. The van der Waals surface area contributed by atoms with Gasteiger partial charge >= 0.3 is 6.18 Å². The molecule has 6 nitrogen and oxygen atoms in total. The molecule has 10 heteroatoms. The minimum absolute atomic E-state index is 0.189. The average Bonchev–Trinajstić information content (AvgIpc) is 2.77. The van der Waals surface area contributed by atoms with Gasteiger partial charge in [-0.25, -0.2) is 9.97 Å². The Balaban J connectivity index is 1.58. The van der Waals surface area contributed by atoms with Gasteiger partial charge in [0.2, 0.25) is 5.82 Å². The fourth-order valence-corrected chi connectivity index (χ4v) is 3.84. The van der Waals surface area contributed by atoms with Crippen molar-refractivity contribution < 1.29 is 18.0 Å². The molecule has 1 aliphatic heterocycles. The topological polar surface area (TPSA) is 71.0 Å². The Morgan fingerprint density at radius 3 is 2.55 bits per heavy atom. The first-order chi connectivity index (χ1) is 15.6. The second-order valence-electron chi connectivity index (χ2n) is 7.85. The zero-order valence-corrected chi connectivity index (χ0v) is 18.7. The molecule has 1 N–H and O–H groups in total. The number of pyridine rings is 1. The SMILES string of the molecule is Cc1cc(N2CCCc3nc(C(C)NC(=O)c4ccc(Cl)cc4)ccc32)nc(C(F)(F)F)n1. The van der Waals surface area contributed by atoms with E-state index in [4.69, 9.17) is 16.6 Å². The van der Waals surface area contributed by atoms with Crippen LogP contribution < -0.4 is 10.2 Å². The van der Waals surface area contributed by atoms with Crippen molar-refractivity contribution in [3.8, 4) is 0 Å². The Hall–Kier alpha value is -3.20. The summed E-state index contributed by atoms with van der Waals surface area (Å²) in [5.74, 6) is -1.22. The third-order valence-corrected chi connectivity index (χ3v) is 5.58. The molecule has 1 aromatic carbocycles. The Bertz CT molecular complexity index is 1180. The van der Waals surface area contributed by atoms with Crippen LogP contribution in [0, 0.1) is 6.92 Å². The van der Waals surface area contributed by atoms with Crippen LogP contribution in [-0.2, 0) is 12.6 Å². The molecule has 2 aromatic heterocycles. The second kappa shape index (κ2) is 8.97. The minimum Gasteiger partial charge on any atom is -0.344 e. The molecule has 3 aromatic rings. The number of carbonyl (C=O) groups excluding carboxylic acids is 1. The first-order valence-electron chi connectivity index (χ1n) is 10.4. The second-order valence-corrected chi connectivity index (χ2v) is 8.28. The number of amides is 1. The van der Waals surface area contributed by atoms with Crippen LogP contribution >= 0.6 is 11.6 Å². The van der Waals surface area contributed by atoms with E-state index in [0.717, 1.165) is 5.69 Å². The third kappa shape index (κ3) is 5.08. The van der Waals surface area contributed by atoms with E-state index in [1.54, 1.807) is 35.2 Å². The van der Waals surface area contributed by atoms with Crippen molar-refractivity contribution in [2.45, 2.75) is 38.9 Å². The lowest BCUT2D eigenvalue weighted by molar-refractivity contribution is -0.145. The first-order valence-corrected chi connectivity index (χ1v) is 10.8. The van der Waals surface area contributed by atoms with Crippen molar-refractivity contribution in [3.05, 3.63) is 76.0 Å². The Morgan fingerprint density at radius 1 is 1.12 bits per heavy atom. The zero-order chi connectivity index (χ0) is 23.8. The van der Waals surface area contributed by atoms with Crippen LogP contribution in [-0.4, -0.2) is 27.4 Å². The molecule has 0 fully saturated rings. The molecule has 0 saturated heterocycles. The smallest absolute Gasteiger partial charge is 0.344 e. The van der Waals surface area contributed by atoms with Crippen LogP contribution in [0.15, 0.2) is 42.5 Å². The molecule has 3 heterocycles. The molecule has 0 aliphatic carbocycles. The third-order valence-electron chi connectivity index (χ3n) is 5.33. The normalized spacial score (nSPS) is 14.5. The zero-order valence-electron chi connectivity index (χ0n) is 17.9. The summed E-state index contributed by atoms with van der Waals surface area (Å²) in [6.07, 6.45) is -3.24. The van der Waals surface area contributed by atoms with Crippen LogP contribution in [0.2, 0.25) is 5.02 Å². The number of alkyl halides is 3. The number of hydrogen-bond acceptors (Lipinski definition) is 5. The van der Waals surface area contributed by atoms with Gasteiger partial charge in [0.05, 0.1) is 23.1 Å². The van der Waals surface area contributed by atoms with Crippen LogP contribution in [0.1, 0.15) is 52.7 Å². The van der Waals surface area contributed by atoms with Gasteiger partial charge in [-0.1, -0.05) is 11.6 Å². The van der Waals surface area contributed by atoms with E-state index < -0.39 is 12.0 Å². The largest absolute Gasteiger partial charge is 0.451 e. The summed E-state index contributed by atoms with van der Waals surface area (Å²) in [5.41, 5.74) is 2.83. The molecule has 0 bridgehead atoms. The number of carbonyl (C=O) groups is 1. The molecule has 33 heavy (non-hydrogen) atoms. The summed E-state index contributed by atoms with van der Waals surface area (Å²) >= 11 is 5.87. The number of nitrogens with zero attached hydrogens (tertiary/aromatic N) is 4. The number of nitrogens with one attached hydrogen (secondary N) is 1. The van der Waals surface area contributed by atoms with Crippen molar-refractivity contribution in [1.29, 1.82) is 0 Å². The van der Waals surface area contributed by atoms with Gasteiger partial charge in [-0.2, -0.15) is 13.2 Å². The molecule has 1 amide bonds. The maximum absolute atomic E-state index is 13.2. The van der Waals surface area contributed by atoms with Crippen molar-refractivity contribution in [2.75, 3.05) is 11.4 Å². The van der Waals surface area contributed by atoms with Gasteiger partial charge in [0.25, 0.3) is 5.91 Å². The van der Waals surface area contributed by atoms with Gasteiger partial charge in [-0.3, -0.25) is 9.78 Å². The summed E-state index contributed by atoms with van der Waals surface area (Å²) < 4.78 is 39.6. The van der Waals surface area contributed by atoms with E-state index in [-0.39, 0.29) is 23.5 Å². The lowest BCUT2D eigenvalue weighted by Crippen LogP contribution is -2.30. The maximum Gasteiger partial charge on any atom is 0.451 e. The van der Waals surface area contributed by atoms with Crippen LogP contribution in [0.4, 0.5) is 24.7 Å². The standard InChI is InChI=1S/C23H21ClF3N5O/c1-13-12-20(31-22(28-13)23(25,26)27)32-11-3-4-18-19(32)10-9-17(30-18)14(2)29-21(33)15-5-7-16(24)8-6-15/h5-10,12,14H,3-4,11H2,1-2H3,(H,29,33). The fraction of sp³-hybridized carbons (Fsp3) is 0.304. The summed E-state index contributed by atoms with van der Waals surface area (Å²) in [5, 5.41) is 3.45. The van der Waals surface area contributed by atoms with Gasteiger partial charge in [0.15, 0.2) is 0 Å². The van der Waals surface area contributed by atoms with Crippen LogP contribution in [0.3, 0.4) is 0 Å². The number of hydrogen-bond donors (Lipinski definition) is 1. The lowest BCUT2D eigenvalue weighted by Gasteiger charge is -2.31. The van der Waals surface area contributed by atoms with Crippen LogP contribution in [0.25, 0.3) is 0 Å². The van der Waals surface area contributed by atoms with Crippen molar-refractivity contribution >= 4 is 29.0 Å². The van der Waals surface area contributed by atoms with Crippen molar-refractivity contribution in [3.63, 3.8) is 0 Å². The Morgan fingerprint density at radius 2 is 1.85 bits per heavy atom. The number of rotatable bonds is 4. The van der Waals surface area contributed by atoms with Crippen molar-refractivity contribution in [1.82, 2.24) is 20.3 Å². The number of halogens is 4. The van der Waals surface area contributed by atoms with Crippen LogP contribution in [0.5, 0.6) is 0 Å².